The summed E-state index contributed by atoms with van der Waals surface area (Å²) in [5.74, 6) is -1.36. The van der Waals surface area contributed by atoms with E-state index in [1.807, 2.05) is 0 Å². The Hall–Kier alpha value is -1.60. The van der Waals surface area contributed by atoms with Crippen molar-refractivity contribution in [3.05, 3.63) is 12.7 Å². The maximum atomic E-state index is 11.6. The van der Waals surface area contributed by atoms with Gasteiger partial charge < -0.3 is 23.7 Å². The number of carbonyl (C=O) groups is 2. The van der Waals surface area contributed by atoms with Crippen molar-refractivity contribution in [2.45, 2.75) is 37.9 Å². The predicted molar refractivity (Wildman–Crippen MR) is 61.2 cm³/mol. The number of esters is 1. The molecule has 0 aliphatic carbocycles. The van der Waals surface area contributed by atoms with E-state index in [1.165, 1.54) is 6.08 Å². The highest BCUT2D eigenvalue weighted by atomic mass is 16.8. The molecule has 0 spiro atoms. The minimum Gasteiger partial charge on any atom is -0.454 e. The summed E-state index contributed by atoms with van der Waals surface area (Å²) in [5.41, 5.74) is 0. The molecular formula is C12H16O7. The Morgan fingerprint density at radius 2 is 2.16 bits per heavy atom. The van der Waals surface area contributed by atoms with Crippen molar-refractivity contribution in [3.8, 4) is 0 Å². The van der Waals surface area contributed by atoms with Gasteiger partial charge in [0.15, 0.2) is 18.0 Å². The van der Waals surface area contributed by atoms with E-state index in [4.69, 9.17) is 18.9 Å². The molecule has 2 fully saturated rings. The van der Waals surface area contributed by atoms with Gasteiger partial charge in [-0.25, -0.2) is 9.59 Å². The van der Waals surface area contributed by atoms with Crippen LogP contribution in [-0.4, -0.2) is 49.4 Å². The fraction of sp³-hybridized carbons (Fsp3) is 0.667. The normalized spacial score (nSPS) is 31.5. The van der Waals surface area contributed by atoms with Crippen LogP contribution >= 0.6 is 0 Å². The number of rotatable bonds is 4. The SMILES string of the molecule is C=CCOC(=O)OC[C@H]1OC(=O)[C@@H]2OC(C)(C)O[C@H]12. The zero-order valence-electron chi connectivity index (χ0n) is 10.8. The fourth-order valence-electron chi connectivity index (χ4n) is 1.97. The van der Waals surface area contributed by atoms with Crippen LogP contribution in [0.4, 0.5) is 4.79 Å². The van der Waals surface area contributed by atoms with E-state index in [2.05, 4.69) is 11.3 Å². The third-order valence-electron chi connectivity index (χ3n) is 2.68. The van der Waals surface area contributed by atoms with Gasteiger partial charge >= 0.3 is 12.1 Å². The maximum absolute atomic E-state index is 11.6. The average molecular weight is 272 g/mol. The van der Waals surface area contributed by atoms with E-state index in [9.17, 15) is 9.59 Å². The van der Waals surface area contributed by atoms with Crippen LogP contribution in [0.3, 0.4) is 0 Å². The molecule has 106 valence electrons. The summed E-state index contributed by atoms with van der Waals surface area (Å²) in [4.78, 5) is 22.7. The molecule has 0 aromatic heterocycles. The minimum atomic E-state index is -0.851. The molecule has 3 atom stereocenters. The molecule has 0 aromatic carbocycles. The Balaban J connectivity index is 1.86. The molecule has 0 saturated carbocycles. The van der Waals surface area contributed by atoms with Gasteiger partial charge in [-0.05, 0) is 13.8 Å². The molecule has 0 aromatic rings. The van der Waals surface area contributed by atoms with Gasteiger partial charge in [0.05, 0.1) is 0 Å². The molecule has 0 radical (unpaired) electrons. The third kappa shape index (κ3) is 3.05. The van der Waals surface area contributed by atoms with E-state index in [0.717, 1.165) is 0 Å². The van der Waals surface area contributed by atoms with E-state index >= 15 is 0 Å². The van der Waals surface area contributed by atoms with Gasteiger partial charge in [0.25, 0.3) is 0 Å². The van der Waals surface area contributed by atoms with Crippen LogP contribution in [0, 0.1) is 0 Å². The second-order valence-corrected chi connectivity index (χ2v) is 4.66. The van der Waals surface area contributed by atoms with Crippen LogP contribution < -0.4 is 0 Å². The first kappa shape index (κ1) is 13.8. The number of hydrogen-bond donors (Lipinski definition) is 0. The quantitative estimate of drug-likeness (QED) is 0.552. The molecule has 2 rings (SSSR count). The lowest BCUT2D eigenvalue weighted by Crippen LogP contribution is -2.33. The third-order valence-corrected chi connectivity index (χ3v) is 2.68. The predicted octanol–water partition coefficient (Wildman–Crippen LogP) is 0.771. The first-order valence-corrected chi connectivity index (χ1v) is 5.89. The molecular weight excluding hydrogens is 256 g/mol. The summed E-state index contributed by atoms with van der Waals surface area (Å²) in [6, 6.07) is 0. The number of hydrogen-bond acceptors (Lipinski definition) is 7. The molecule has 0 N–H and O–H groups in total. The standard InChI is InChI=1S/C12H16O7/c1-4-5-15-11(14)16-6-7-8-9(10(13)17-7)19-12(2,3)18-8/h4,7-9H,1,5-6H2,2-3H3/t7-,8-,9-/m1/s1. The summed E-state index contributed by atoms with van der Waals surface area (Å²) in [5, 5.41) is 0. The summed E-state index contributed by atoms with van der Waals surface area (Å²) in [6.07, 6.45) is -1.46. The van der Waals surface area contributed by atoms with Gasteiger partial charge in [-0.1, -0.05) is 12.7 Å². The van der Waals surface area contributed by atoms with Crippen molar-refractivity contribution in [3.63, 3.8) is 0 Å². The molecule has 2 aliphatic rings. The summed E-state index contributed by atoms with van der Waals surface area (Å²) in [6.45, 7) is 6.73. The van der Waals surface area contributed by atoms with Gasteiger partial charge in [0.2, 0.25) is 0 Å². The maximum Gasteiger partial charge on any atom is 0.508 e. The lowest BCUT2D eigenvalue weighted by Gasteiger charge is -2.21. The van der Waals surface area contributed by atoms with Crippen molar-refractivity contribution in [1.29, 1.82) is 0 Å². The van der Waals surface area contributed by atoms with Crippen molar-refractivity contribution in [2.75, 3.05) is 13.2 Å². The Morgan fingerprint density at radius 1 is 1.42 bits per heavy atom. The van der Waals surface area contributed by atoms with E-state index in [1.54, 1.807) is 13.8 Å². The zero-order chi connectivity index (χ0) is 14.0. The van der Waals surface area contributed by atoms with E-state index in [-0.39, 0.29) is 13.2 Å². The molecule has 0 unspecified atom stereocenters. The smallest absolute Gasteiger partial charge is 0.454 e. The number of carbonyl (C=O) groups excluding carboxylic acids is 2. The Labute approximate surface area is 110 Å². The molecule has 0 amide bonds. The highest BCUT2D eigenvalue weighted by molar-refractivity contribution is 5.78. The van der Waals surface area contributed by atoms with Crippen LogP contribution in [0.15, 0.2) is 12.7 Å². The van der Waals surface area contributed by atoms with Crippen LogP contribution in [-0.2, 0) is 28.5 Å². The highest BCUT2D eigenvalue weighted by Gasteiger charge is 2.56. The van der Waals surface area contributed by atoms with E-state index < -0.39 is 36.2 Å². The van der Waals surface area contributed by atoms with Crippen molar-refractivity contribution in [1.82, 2.24) is 0 Å². The minimum absolute atomic E-state index is 0.0575. The van der Waals surface area contributed by atoms with Gasteiger partial charge in [-0.15, -0.1) is 0 Å². The number of fused-ring (bicyclic) bond motifs is 1. The Morgan fingerprint density at radius 3 is 2.84 bits per heavy atom. The first-order valence-electron chi connectivity index (χ1n) is 5.89. The van der Waals surface area contributed by atoms with Crippen molar-refractivity contribution >= 4 is 12.1 Å². The van der Waals surface area contributed by atoms with Gasteiger partial charge in [0, 0.05) is 0 Å². The zero-order valence-corrected chi connectivity index (χ0v) is 10.8. The molecule has 2 heterocycles. The van der Waals surface area contributed by atoms with Crippen LogP contribution in [0.1, 0.15) is 13.8 Å². The molecule has 0 bridgehead atoms. The van der Waals surface area contributed by atoms with Crippen molar-refractivity contribution in [2.24, 2.45) is 0 Å². The Bertz CT molecular complexity index is 390. The van der Waals surface area contributed by atoms with Crippen LogP contribution in [0.5, 0.6) is 0 Å². The molecule has 7 nitrogen and oxygen atoms in total. The summed E-state index contributed by atoms with van der Waals surface area (Å²) in [7, 11) is 0. The monoisotopic (exact) mass is 272 g/mol. The second kappa shape index (κ2) is 5.18. The summed E-state index contributed by atoms with van der Waals surface area (Å²) >= 11 is 0. The largest absolute Gasteiger partial charge is 0.508 e. The second-order valence-electron chi connectivity index (χ2n) is 4.66. The van der Waals surface area contributed by atoms with Gasteiger partial charge in [-0.2, -0.15) is 0 Å². The first-order chi connectivity index (χ1) is 8.93. The lowest BCUT2D eigenvalue weighted by atomic mass is 10.1. The molecule has 19 heavy (non-hydrogen) atoms. The van der Waals surface area contributed by atoms with Crippen LogP contribution in [0.2, 0.25) is 0 Å². The molecule has 2 saturated heterocycles. The summed E-state index contributed by atoms with van der Waals surface area (Å²) < 4.78 is 25.5. The molecule has 2 aliphatic heterocycles. The molecule has 7 heteroatoms. The lowest BCUT2D eigenvalue weighted by molar-refractivity contribution is -0.189. The van der Waals surface area contributed by atoms with E-state index in [0.29, 0.717) is 0 Å². The van der Waals surface area contributed by atoms with Gasteiger partial charge in [-0.3, -0.25) is 0 Å². The van der Waals surface area contributed by atoms with Gasteiger partial charge in [0.1, 0.15) is 19.3 Å². The highest BCUT2D eigenvalue weighted by Crippen LogP contribution is 2.35. The topological polar surface area (TPSA) is 80.3 Å². The fourth-order valence-corrected chi connectivity index (χ4v) is 1.97. The van der Waals surface area contributed by atoms with Crippen LogP contribution in [0.25, 0.3) is 0 Å². The number of cyclic esters (lactones) is 1. The van der Waals surface area contributed by atoms with Crippen molar-refractivity contribution < 1.29 is 33.3 Å². The average Bonchev–Trinajstić information content (AvgIpc) is 2.79. The number of ether oxygens (including phenoxy) is 5. The Kier molecular flexibility index (Phi) is 3.77.